The van der Waals surface area contributed by atoms with Crippen LogP contribution in [0.1, 0.15) is 323 Å². The molecule has 10 rings (SSSR count). The van der Waals surface area contributed by atoms with Crippen molar-refractivity contribution >= 4 is 82.0 Å². The first kappa shape index (κ1) is 74.5. The maximum absolute atomic E-state index is 9.78. The summed E-state index contributed by atoms with van der Waals surface area (Å²) in [6, 6.07) is 34.8. The normalized spacial score (nSPS) is 15.3. The summed E-state index contributed by atoms with van der Waals surface area (Å²) in [6.07, 6.45) is 28.3. The number of hydrogen-bond acceptors (Lipinski definition) is 8. The van der Waals surface area contributed by atoms with Crippen LogP contribution >= 0.6 is 0 Å². The van der Waals surface area contributed by atoms with Crippen molar-refractivity contribution in [2.75, 3.05) is 0 Å². The van der Waals surface area contributed by atoms with Crippen LogP contribution in [0, 0.1) is 0 Å². The van der Waals surface area contributed by atoms with Gasteiger partial charge in [0.2, 0.25) is 0 Å². The van der Waals surface area contributed by atoms with E-state index in [-0.39, 0.29) is 21.7 Å². The predicted octanol–water partition coefficient (Wildman–Crippen LogP) is 24.0. The van der Waals surface area contributed by atoms with E-state index in [1.165, 1.54) is 138 Å². The molecule has 0 spiro atoms. The average molecular weight is 1360 g/mol. The number of aliphatic imine (C=N–C) groups is 4. The van der Waals surface area contributed by atoms with Crippen molar-refractivity contribution in [3.05, 3.63) is 128 Å². The molecule has 13 heteroatoms. The third-order valence-corrected chi connectivity index (χ3v) is 36.9. The molecule has 0 unspecified atom stereocenters. The lowest BCUT2D eigenvalue weighted by molar-refractivity contribution is 0.317. The fourth-order valence-electron chi connectivity index (χ4n) is 15.6. The van der Waals surface area contributed by atoms with Crippen LogP contribution in [0.5, 0.6) is 0 Å². The van der Waals surface area contributed by atoms with Gasteiger partial charge in [-0.3, -0.25) is 8.47 Å². The van der Waals surface area contributed by atoms with Gasteiger partial charge in [-0.15, -0.1) is 0 Å². The highest BCUT2D eigenvalue weighted by Crippen LogP contribution is 2.49. The zero-order chi connectivity index (χ0) is 69.6. The van der Waals surface area contributed by atoms with Crippen molar-refractivity contribution in [3.63, 3.8) is 0 Å². The molecule has 0 fully saturated rings. The van der Waals surface area contributed by atoms with Crippen molar-refractivity contribution in [3.8, 4) is 0 Å². The average Bonchev–Trinajstić information content (AvgIpc) is 1.54. The van der Waals surface area contributed by atoms with Gasteiger partial charge < -0.3 is 8.23 Å². The summed E-state index contributed by atoms with van der Waals surface area (Å²) in [5.41, 5.74) is 9.87. The van der Waals surface area contributed by atoms with E-state index in [0.29, 0.717) is 23.3 Å². The Bertz CT molecular complexity index is 3890. The molecule has 0 saturated heterocycles. The molecule has 10 nitrogen and oxygen atoms in total. The molecule has 6 heterocycles. The van der Waals surface area contributed by atoms with Gasteiger partial charge in [0.25, 0.3) is 0 Å². The molecule has 0 N–H and O–H groups in total. The molecule has 0 saturated carbocycles. The van der Waals surface area contributed by atoms with Crippen molar-refractivity contribution in [1.82, 2.24) is 8.47 Å². The summed E-state index contributed by atoms with van der Waals surface area (Å²) in [7, 11) is -10.7. The van der Waals surface area contributed by atoms with Crippen LogP contribution in [0.25, 0.3) is 21.5 Å². The van der Waals surface area contributed by atoms with Crippen LogP contribution in [0.15, 0.2) is 103 Å². The molecule has 6 aromatic rings. The number of fused-ring (bicyclic) bond motifs is 14. The lowest BCUT2D eigenvalue weighted by Crippen LogP contribution is -2.71. The molecule has 4 aromatic carbocycles. The van der Waals surface area contributed by atoms with Gasteiger partial charge in [0.15, 0.2) is 40.0 Å². The lowest BCUT2D eigenvalue weighted by atomic mass is 9.85. The number of hydrogen-bond donors (Lipinski definition) is 0. The first-order valence-electron chi connectivity index (χ1n) is 39.2. The zero-order valence-corrected chi connectivity index (χ0v) is 67.0. The van der Waals surface area contributed by atoms with Crippen molar-refractivity contribution in [2.24, 2.45) is 30.0 Å². The van der Waals surface area contributed by atoms with E-state index in [9.17, 15) is 8.23 Å². The fourth-order valence-corrected chi connectivity index (χ4v) is 33.4. The summed E-state index contributed by atoms with van der Waals surface area (Å²) < 4.78 is 24.8. The van der Waals surface area contributed by atoms with Gasteiger partial charge in [-0.2, -0.15) is 0 Å². The zero-order valence-electron chi connectivity index (χ0n) is 64.0. The van der Waals surface area contributed by atoms with E-state index in [4.69, 9.17) is 30.0 Å². The Morgan fingerprint density at radius 1 is 0.299 bits per heavy atom. The summed E-state index contributed by atoms with van der Waals surface area (Å²) in [5, 5.41) is 4.13. The summed E-state index contributed by atoms with van der Waals surface area (Å²) in [4.78, 5) is 36.8. The van der Waals surface area contributed by atoms with Crippen LogP contribution in [0.2, 0.25) is 36.3 Å². The van der Waals surface area contributed by atoms with Crippen LogP contribution in [0.3, 0.4) is 0 Å². The smallest absolute Gasteiger partial charge is 0.404 e. The van der Waals surface area contributed by atoms with E-state index in [1.54, 1.807) is 0 Å². The third kappa shape index (κ3) is 16.4. The number of amidine groups is 4. The van der Waals surface area contributed by atoms with Crippen LogP contribution in [0.4, 0.5) is 11.6 Å². The van der Waals surface area contributed by atoms with Crippen molar-refractivity contribution < 1.29 is 8.23 Å². The Morgan fingerprint density at radius 2 is 0.598 bits per heavy atom. The maximum Gasteiger partial charge on any atom is 0.582 e. The Balaban J connectivity index is 1.54. The van der Waals surface area contributed by atoms with Crippen LogP contribution in [-0.2, 0) is 29.9 Å². The van der Waals surface area contributed by atoms with Gasteiger partial charge in [-0.1, -0.05) is 327 Å². The number of unbranched alkanes of at least 4 members (excludes halogenated alkanes) is 18. The fraction of sp³-hybridized carbons (Fsp3) is 0.619. The highest BCUT2D eigenvalue weighted by Gasteiger charge is 2.61. The predicted molar refractivity (Wildman–Crippen MR) is 423 cm³/mol. The van der Waals surface area contributed by atoms with E-state index in [2.05, 4.69) is 206 Å². The number of benzene rings is 4. The molecular formula is C84H126N8O2Si3. The maximum atomic E-state index is 9.78. The molecule has 0 amide bonds. The van der Waals surface area contributed by atoms with Gasteiger partial charge in [0.05, 0.1) is 0 Å². The summed E-state index contributed by atoms with van der Waals surface area (Å²) >= 11 is 0. The Hall–Kier alpha value is -5.19. The SMILES string of the molecule is CCCCCC[Si](CCCCCC)(CCCCCC)O[Si]1(O[Si](CCCCCC)(CCCCCC)CCCCCC)n2c3c4cc(C(C)(C)C)ccc4c2N=C2N=C(N=c4c5cc(C(C)(C)C)ccc5c(n41)=NC1=NC(=N3)c3ccc(C(C)(C)C)cc31)c1ccc(C(C)(C)C)cc12. The topological polar surface area (TPSA) is 102 Å². The highest BCUT2D eigenvalue weighted by molar-refractivity contribution is 6.89. The first-order valence-corrected chi connectivity index (χ1v) is 45.9. The monoisotopic (exact) mass is 1360 g/mol. The van der Waals surface area contributed by atoms with E-state index in [0.717, 1.165) is 141 Å². The lowest BCUT2D eigenvalue weighted by Gasteiger charge is -2.47. The molecule has 0 aliphatic carbocycles. The molecule has 2 aromatic heterocycles. The minimum Gasteiger partial charge on any atom is -0.404 e. The summed E-state index contributed by atoms with van der Waals surface area (Å²) in [5.74, 6) is 4.30. The minimum absolute atomic E-state index is 0.139. The largest absolute Gasteiger partial charge is 0.582 e. The molecule has 6 bridgehead atoms. The number of rotatable bonds is 34. The third-order valence-electron chi connectivity index (χ3n) is 21.8. The van der Waals surface area contributed by atoms with Gasteiger partial charge >= 0.3 is 8.88 Å². The first-order chi connectivity index (χ1) is 46.3. The second kappa shape index (κ2) is 31.4. The molecule has 4 aliphatic heterocycles. The molecule has 97 heavy (non-hydrogen) atoms. The van der Waals surface area contributed by atoms with Gasteiger partial charge in [-0.25, -0.2) is 30.0 Å². The molecule has 526 valence electrons. The Morgan fingerprint density at radius 3 is 0.969 bits per heavy atom. The van der Waals surface area contributed by atoms with Gasteiger partial charge in [0.1, 0.15) is 22.6 Å². The Labute approximate surface area is 590 Å². The van der Waals surface area contributed by atoms with Crippen molar-refractivity contribution in [1.29, 1.82) is 0 Å². The number of aromatic nitrogens is 2. The molecule has 0 radical (unpaired) electrons. The number of nitrogens with zero attached hydrogens (tertiary/aromatic N) is 8. The van der Waals surface area contributed by atoms with Crippen LogP contribution < -0.4 is 11.0 Å². The Kier molecular flexibility index (Phi) is 24.1. The summed E-state index contributed by atoms with van der Waals surface area (Å²) in [6.45, 7) is 42.2. The van der Waals surface area contributed by atoms with E-state index in [1.807, 2.05) is 0 Å². The molecular weight excluding hydrogens is 1240 g/mol. The second-order valence-corrected chi connectivity index (χ2v) is 45.3. The molecule has 4 aliphatic rings. The van der Waals surface area contributed by atoms with Gasteiger partial charge in [0, 0.05) is 43.8 Å². The van der Waals surface area contributed by atoms with Gasteiger partial charge in [-0.05, 0) is 104 Å². The van der Waals surface area contributed by atoms with E-state index < -0.39 is 25.5 Å². The molecule has 0 atom stereocenters. The quantitative estimate of drug-likeness (QED) is 0.0297. The minimum atomic E-state index is -4.66. The standard InChI is InChI=1S/C84H126N8O2Si3/c1-19-25-31-37-51-95(52-38-32-26-20-2,53-39-33-27-21-3)93-97(94-96(54-40-34-28-22-4,55-41-35-29-23-5)56-42-36-30-24-6)91-77-67-49-45-63(83(13,14)15)59-71(67)80(91)88-74-66-48-44-62(82(10,11)12)58-70(66)76(86-74)90-78-68-50-46-64(84(16,17)18)60-72(68)79(92(78)97)87-73-65-47-43-61(81(7,8)9)57-69(65)75(85-73)89-77/h43-50,57-60H,19-42,51-56H2,1-18H3. The van der Waals surface area contributed by atoms with Crippen molar-refractivity contribution in [2.45, 2.75) is 337 Å². The highest BCUT2D eigenvalue weighted by atomic mass is 28.5. The van der Waals surface area contributed by atoms with E-state index >= 15 is 0 Å². The second-order valence-electron chi connectivity index (χ2n) is 34.0. The van der Waals surface area contributed by atoms with Crippen LogP contribution in [-0.4, -0.2) is 57.3 Å².